The van der Waals surface area contributed by atoms with E-state index in [9.17, 15) is 0 Å². The highest BCUT2D eigenvalue weighted by Crippen LogP contribution is 2.24. The van der Waals surface area contributed by atoms with E-state index in [1.807, 2.05) is 0 Å². The molecule has 0 saturated carbocycles. The van der Waals surface area contributed by atoms with E-state index in [0.717, 1.165) is 18.9 Å². The summed E-state index contributed by atoms with van der Waals surface area (Å²) in [5.41, 5.74) is 9.28. The minimum Gasteiger partial charge on any atom is -0.327 e. The topological polar surface area (TPSA) is 29.3 Å². The molecule has 1 aliphatic heterocycles. The van der Waals surface area contributed by atoms with Crippen molar-refractivity contribution in [2.45, 2.75) is 65.0 Å². The number of likely N-dealkylation sites (tertiary alicyclic amines) is 1. The van der Waals surface area contributed by atoms with Crippen LogP contribution in [0.25, 0.3) is 0 Å². The number of hydrogen-bond donors (Lipinski definition) is 1. The normalized spacial score (nSPS) is 19.7. The van der Waals surface area contributed by atoms with Gasteiger partial charge in [-0.15, -0.1) is 0 Å². The van der Waals surface area contributed by atoms with Crippen LogP contribution in [0.2, 0.25) is 0 Å². The Morgan fingerprint density at radius 1 is 1.14 bits per heavy atom. The minimum absolute atomic E-state index is 0.243. The monoisotopic (exact) mass is 288 g/mol. The van der Waals surface area contributed by atoms with Gasteiger partial charge in [0, 0.05) is 12.6 Å². The molecule has 21 heavy (non-hydrogen) atoms. The van der Waals surface area contributed by atoms with Gasteiger partial charge in [0.2, 0.25) is 0 Å². The number of hydrogen-bond acceptors (Lipinski definition) is 2. The summed E-state index contributed by atoms with van der Waals surface area (Å²) in [5.74, 6) is 0.731. The van der Waals surface area contributed by atoms with Gasteiger partial charge < -0.3 is 5.73 Å². The summed E-state index contributed by atoms with van der Waals surface area (Å²) in [4.78, 5) is 2.57. The van der Waals surface area contributed by atoms with Gasteiger partial charge in [0.05, 0.1) is 0 Å². The van der Waals surface area contributed by atoms with E-state index < -0.39 is 0 Å². The lowest BCUT2D eigenvalue weighted by Gasteiger charge is -2.34. The second-order valence-corrected chi connectivity index (χ2v) is 7.63. The molecule has 1 atom stereocenters. The van der Waals surface area contributed by atoms with Crippen molar-refractivity contribution in [3.63, 3.8) is 0 Å². The molecule has 0 radical (unpaired) electrons. The van der Waals surface area contributed by atoms with Crippen LogP contribution in [0.5, 0.6) is 0 Å². The Morgan fingerprint density at radius 3 is 2.19 bits per heavy atom. The Morgan fingerprint density at radius 2 is 1.71 bits per heavy atom. The summed E-state index contributed by atoms with van der Waals surface area (Å²) in [6.45, 7) is 12.5. The molecule has 1 aromatic carbocycles. The van der Waals surface area contributed by atoms with Gasteiger partial charge in [-0.2, -0.15) is 0 Å². The van der Waals surface area contributed by atoms with E-state index in [1.54, 1.807) is 0 Å². The van der Waals surface area contributed by atoms with Crippen molar-refractivity contribution in [3.8, 4) is 0 Å². The van der Waals surface area contributed by atoms with Crippen molar-refractivity contribution in [1.29, 1.82) is 0 Å². The molecular formula is C19H32N2. The molecule has 0 bridgehead atoms. The Bertz CT molecular complexity index is 422. The summed E-state index contributed by atoms with van der Waals surface area (Å²) in [6, 6.07) is 9.57. The molecule has 0 amide bonds. The molecule has 1 aliphatic rings. The molecule has 1 heterocycles. The van der Waals surface area contributed by atoms with Crippen molar-refractivity contribution in [2.75, 3.05) is 13.1 Å². The first-order valence-electron chi connectivity index (χ1n) is 8.47. The van der Waals surface area contributed by atoms with Crippen molar-refractivity contribution < 1.29 is 0 Å². The van der Waals surface area contributed by atoms with Crippen molar-refractivity contribution >= 4 is 0 Å². The highest BCUT2D eigenvalue weighted by Gasteiger charge is 2.23. The van der Waals surface area contributed by atoms with Gasteiger partial charge in [0.25, 0.3) is 0 Å². The average molecular weight is 288 g/mol. The fourth-order valence-corrected chi connectivity index (χ4v) is 3.24. The van der Waals surface area contributed by atoms with Gasteiger partial charge in [-0.3, -0.25) is 4.90 Å². The van der Waals surface area contributed by atoms with Gasteiger partial charge in [0.15, 0.2) is 0 Å². The van der Waals surface area contributed by atoms with E-state index >= 15 is 0 Å². The zero-order valence-electron chi connectivity index (χ0n) is 14.2. The quantitative estimate of drug-likeness (QED) is 0.909. The smallest absolute Gasteiger partial charge is 0.0233 e. The Labute approximate surface area is 130 Å². The van der Waals surface area contributed by atoms with Crippen LogP contribution in [0.4, 0.5) is 0 Å². The maximum Gasteiger partial charge on any atom is 0.0233 e. The molecule has 1 fully saturated rings. The molecule has 0 spiro atoms. The van der Waals surface area contributed by atoms with Gasteiger partial charge in [0.1, 0.15) is 0 Å². The van der Waals surface area contributed by atoms with Crippen LogP contribution in [0.1, 0.15) is 58.1 Å². The molecule has 2 rings (SSSR count). The number of benzene rings is 1. The third-order valence-corrected chi connectivity index (χ3v) is 4.94. The molecule has 1 unspecified atom stereocenters. The molecule has 0 aromatic heterocycles. The second-order valence-electron chi connectivity index (χ2n) is 7.63. The highest BCUT2D eigenvalue weighted by molar-refractivity contribution is 5.27. The standard InChI is InChI=1S/C19H32N2/c1-5-18(20)16-10-12-21(13-11-16)14-15-6-8-17(9-7-15)19(2,3)4/h6-9,16,18H,5,10-14,20H2,1-4H3. The van der Waals surface area contributed by atoms with Crippen LogP contribution >= 0.6 is 0 Å². The zero-order chi connectivity index (χ0) is 15.5. The van der Waals surface area contributed by atoms with E-state index in [2.05, 4.69) is 56.9 Å². The van der Waals surface area contributed by atoms with Crippen LogP contribution in [0.15, 0.2) is 24.3 Å². The maximum atomic E-state index is 6.18. The minimum atomic E-state index is 0.243. The van der Waals surface area contributed by atoms with Crippen molar-refractivity contribution in [3.05, 3.63) is 35.4 Å². The van der Waals surface area contributed by atoms with Gasteiger partial charge >= 0.3 is 0 Å². The summed E-state index contributed by atoms with van der Waals surface area (Å²) in [7, 11) is 0. The SMILES string of the molecule is CCC(N)C1CCN(Cc2ccc(C(C)(C)C)cc2)CC1. The van der Waals surface area contributed by atoms with Crippen LogP contribution in [-0.4, -0.2) is 24.0 Å². The first-order chi connectivity index (χ1) is 9.90. The summed E-state index contributed by atoms with van der Waals surface area (Å²) < 4.78 is 0. The van der Waals surface area contributed by atoms with E-state index in [1.165, 1.54) is 37.1 Å². The Kier molecular flexibility index (Phi) is 5.45. The summed E-state index contributed by atoms with van der Waals surface area (Å²) in [5, 5.41) is 0. The molecule has 2 heteroatoms. The summed E-state index contributed by atoms with van der Waals surface area (Å²) >= 11 is 0. The number of nitrogens with two attached hydrogens (primary N) is 1. The van der Waals surface area contributed by atoms with Crippen LogP contribution in [0.3, 0.4) is 0 Å². The zero-order valence-corrected chi connectivity index (χ0v) is 14.2. The van der Waals surface area contributed by atoms with Crippen molar-refractivity contribution in [2.24, 2.45) is 11.7 Å². The first-order valence-corrected chi connectivity index (χ1v) is 8.47. The van der Waals surface area contributed by atoms with Gasteiger partial charge in [-0.1, -0.05) is 52.0 Å². The number of nitrogens with zero attached hydrogens (tertiary/aromatic N) is 1. The van der Waals surface area contributed by atoms with Crippen LogP contribution < -0.4 is 5.73 Å². The Balaban J connectivity index is 1.86. The number of rotatable bonds is 4. The van der Waals surface area contributed by atoms with Crippen LogP contribution in [0, 0.1) is 5.92 Å². The molecule has 2 nitrogen and oxygen atoms in total. The first kappa shape index (κ1) is 16.5. The number of piperidine rings is 1. The third-order valence-electron chi connectivity index (χ3n) is 4.94. The van der Waals surface area contributed by atoms with Crippen LogP contribution in [-0.2, 0) is 12.0 Å². The summed E-state index contributed by atoms with van der Waals surface area (Å²) in [6.07, 6.45) is 3.63. The van der Waals surface area contributed by atoms with Gasteiger partial charge in [-0.05, 0) is 54.8 Å². The third kappa shape index (κ3) is 4.55. The average Bonchev–Trinajstić information content (AvgIpc) is 2.47. The molecule has 1 aromatic rings. The predicted molar refractivity (Wildman–Crippen MR) is 91.4 cm³/mol. The molecule has 118 valence electrons. The van der Waals surface area contributed by atoms with Gasteiger partial charge in [-0.25, -0.2) is 0 Å². The molecule has 1 saturated heterocycles. The molecule has 0 aliphatic carbocycles. The van der Waals surface area contributed by atoms with E-state index in [4.69, 9.17) is 5.73 Å². The molecule has 2 N–H and O–H groups in total. The lowest BCUT2D eigenvalue weighted by Crippen LogP contribution is -2.40. The Hall–Kier alpha value is -0.860. The maximum absolute atomic E-state index is 6.18. The fraction of sp³-hybridized carbons (Fsp3) is 0.684. The lowest BCUT2D eigenvalue weighted by atomic mass is 9.86. The second kappa shape index (κ2) is 6.93. The predicted octanol–water partition coefficient (Wildman–Crippen LogP) is 3.93. The van der Waals surface area contributed by atoms with E-state index in [-0.39, 0.29) is 5.41 Å². The highest BCUT2D eigenvalue weighted by atomic mass is 15.1. The molecular weight excluding hydrogens is 256 g/mol. The van der Waals surface area contributed by atoms with E-state index in [0.29, 0.717) is 6.04 Å². The largest absolute Gasteiger partial charge is 0.327 e. The fourth-order valence-electron chi connectivity index (χ4n) is 3.24. The van der Waals surface area contributed by atoms with Crippen molar-refractivity contribution in [1.82, 2.24) is 4.90 Å². The lowest BCUT2D eigenvalue weighted by molar-refractivity contribution is 0.161.